The maximum Gasteiger partial charge on any atom is 0.335 e. The number of methoxy groups -OCH3 is 1. The predicted molar refractivity (Wildman–Crippen MR) is 75.0 cm³/mol. The number of aromatic nitrogens is 2. The third-order valence-electron chi connectivity index (χ3n) is 3.13. The predicted octanol–water partition coefficient (Wildman–Crippen LogP) is 2.94. The zero-order valence-electron chi connectivity index (χ0n) is 10.8. The highest BCUT2D eigenvalue weighted by molar-refractivity contribution is 5.92. The van der Waals surface area contributed by atoms with Gasteiger partial charge in [-0.1, -0.05) is 6.07 Å². The molecule has 0 amide bonds. The molecule has 0 spiro atoms. The molecule has 0 bridgehead atoms. The first-order valence-corrected chi connectivity index (χ1v) is 6.04. The Balaban J connectivity index is 2.15. The molecule has 0 radical (unpaired) electrons. The summed E-state index contributed by atoms with van der Waals surface area (Å²) in [5.74, 6) is -0.207. The van der Waals surface area contributed by atoms with Crippen LogP contribution in [-0.2, 0) is 0 Å². The van der Waals surface area contributed by atoms with Crippen molar-refractivity contribution < 1.29 is 14.6 Å². The van der Waals surface area contributed by atoms with E-state index in [1.54, 1.807) is 13.2 Å². The second kappa shape index (κ2) is 4.70. The van der Waals surface area contributed by atoms with E-state index in [0.29, 0.717) is 5.69 Å². The van der Waals surface area contributed by atoms with Crippen molar-refractivity contribution in [3.8, 4) is 17.1 Å². The third kappa shape index (κ3) is 1.99. The number of carbonyl (C=O) groups is 1. The highest BCUT2D eigenvalue weighted by atomic mass is 16.5. The van der Waals surface area contributed by atoms with Gasteiger partial charge in [-0.2, -0.15) is 0 Å². The number of carboxylic acid groups (broad SMARTS) is 1. The lowest BCUT2D eigenvalue weighted by Crippen LogP contribution is -1.97. The minimum atomic E-state index is -0.970. The Kier molecular flexibility index (Phi) is 2.87. The van der Waals surface area contributed by atoms with Crippen molar-refractivity contribution in [2.45, 2.75) is 0 Å². The van der Waals surface area contributed by atoms with E-state index in [4.69, 9.17) is 9.84 Å². The van der Waals surface area contributed by atoms with Gasteiger partial charge in [0.2, 0.25) is 0 Å². The summed E-state index contributed by atoms with van der Waals surface area (Å²) in [6.07, 6.45) is 1.49. The van der Waals surface area contributed by atoms with Crippen LogP contribution in [0.2, 0.25) is 0 Å². The Morgan fingerprint density at radius 1 is 1.30 bits per heavy atom. The van der Waals surface area contributed by atoms with E-state index in [1.165, 1.54) is 12.3 Å². The van der Waals surface area contributed by atoms with Gasteiger partial charge in [0.05, 0.1) is 24.1 Å². The van der Waals surface area contributed by atoms with Crippen LogP contribution >= 0.6 is 0 Å². The molecule has 2 aromatic heterocycles. The SMILES string of the molecule is COc1cccc2[nH]c(-c3cc(C(=O)O)ccn3)cc12. The normalized spacial score (nSPS) is 10.7. The van der Waals surface area contributed by atoms with Crippen molar-refractivity contribution in [3.05, 3.63) is 48.2 Å². The molecule has 3 rings (SSSR count). The van der Waals surface area contributed by atoms with Crippen LogP contribution in [0, 0.1) is 0 Å². The van der Waals surface area contributed by atoms with Gasteiger partial charge in [-0.25, -0.2) is 4.79 Å². The minimum absolute atomic E-state index is 0.209. The van der Waals surface area contributed by atoms with Crippen molar-refractivity contribution in [2.75, 3.05) is 7.11 Å². The molecule has 0 fully saturated rings. The van der Waals surface area contributed by atoms with Crippen molar-refractivity contribution in [1.29, 1.82) is 0 Å². The van der Waals surface area contributed by atoms with Gasteiger partial charge in [0.1, 0.15) is 5.75 Å². The zero-order chi connectivity index (χ0) is 14.1. The molecule has 0 unspecified atom stereocenters. The van der Waals surface area contributed by atoms with Crippen LogP contribution in [0.3, 0.4) is 0 Å². The first kappa shape index (κ1) is 12.2. The van der Waals surface area contributed by atoms with Gasteiger partial charge in [0.15, 0.2) is 0 Å². The van der Waals surface area contributed by atoms with Crippen LogP contribution in [-0.4, -0.2) is 28.2 Å². The molecular weight excluding hydrogens is 256 g/mol. The standard InChI is InChI=1S/C15H12N2O3/c1-20-14-4-2-3-11-10(14)8-13(17-11)12-7-9(15(18)19)5-6-16-12/h2-8,17H,1H3,(H,18,19). The molecule has 100 valence electrons. The average molecular weight is 268 g/mol. The molecule has 1 aromatic carbocycles. The fraction of sp³-hybridized carbons (Fsp3) is 0.0667. The molecule has 5 nitrogen and oxygen atoms in total. The zero-order valence-corrected chi connectivity index (χ0v) is 10.8. The van der Waals surface area contributed by atoms with Gasteiger partial charge in [-0.3, -0.25) is 4.98 Å². The first-order chi connectivity index (χ1) is 9.69. The second-order valence-corrected chi connectivity index (χ2v) is 4.34. The summed E-state index contributed by atoms with van der Waals surface area (Å²) in [6, 6.07) is 10.6. The number of fused-ring (bicyclic) bond motifs is 1. The van der Waals surface area contributed by atoms with Gasteiger partial charge in [0.25, 0.3) is 0 Å². The molecule has 0 aliphatic rings. The number of ether oxygens (including phenoxy) is 1. The Labute approximate surface area is 114 Å². The highest BCUT2D eigenvalue weighted by Crippen LogP contribution is 2.29. The lowest BCUT2D eigenvalue weighted by molar-refractivity contribution is 0.0697. The average Bonchev–Trinajstić information content (AvgIpc) is 2.91. The van der Waals surface area contributed by atoms with E-state index < -0.39 is 5.97 Å². The summed E-state index contributed by atoms with van der Waals surface area (Å²) in [7, 11) is 1.62. The summed E-state index contributed by atoms with van der Waals surface area (Å²) >= 11 is 0. The number of hydrogen-bond acceptors (Lipinski definition) is 3. The van der Waals surface area contributed by atoms with E-state index in [-0.39, 0.29) is 5.56 Å². The quantitative estimate of drug-likeness (QED) is 0.765. The molecule has 2 N–H and O–H groups in total. The number of hydrogen-bond donors (Lipinski definition) is 2. The van der Waals surface area contributed by atoms with Crippen molar-refractivity contribution in [2.24, 2.45) is 0 Å². The molecule has 5 heteroatoms. The topological polar surface area (TPSA) is 75.2 Å². The van der Waals surface area contributed by atoms with Gasteiger partial charge in [-0.15, -0.1) is 0 Å². The van der Waals surface area contributed by atoms with E-state index in [0.717, 1.165) is 22.3 Å². The molecular formula is C15H12N2O3. The number of rotatable bonds is 3. The van der Waals surface area contributed by atoms with Crippen LogP contribution in [0.15, 0.2) is 42.6 Å². The van der Waals surface area contributed by atoms with Gasteiger partial charge in [0, 0.05) is 17.1 Å². The fourth-order valence-electron chi connectivity index (χ4n) is 2.15. The molecule has 2 heterocycles. The van der Waals surface area contributed by atoms with Crippen LogP contribution in [0.4, 0.5) is 0 Å². The lowest BCUT2D eigenvalue weighted by atomic mass is 10.2. The summed E-state index contributed by atoms with van der Waals surface area (Å²) < 4.78 is 5.30. The van der Waals surface area contributed by atoms with E-state index >= 15 is 0 Å². The van der Waals surface area contributed by atoms with E-state index in [2.05, 4.69) is 9.97 Å². The first-order valence-electron chi connectivity index (χ1n) is 6.04. The Hall–Kier alpha value is -2.82. The summed E-state index contributed by atoms with van der Waals surface area (Å²) in [5.41, 5.74) is 2.47. The summed E-state index contributed by atoms with van der Waals surface area (Å²) in [6.45, 7) is 0. The number of pyridine rings is 1. The fourth-order valence-corrected chi connectivity index (χ4v) is 2.15. The molecule has 3 aromatic rings. The highest BCUT2D eigenvalue weighted by Gasteiger charge is 2.10. The van der Waals surface area contributed by atoms with Gasteiger partial charge >= 0.3 is 5.97 Å². The van der Waals surface area contributed by atoms with Gasteiger partial charge in [-0.05, 0) is 30.3 Å². The number of carboxylic acids is 1. The summed E-state index contributed by atoms with van der Waals surface area (Å²) in [5, 5.41) is 9.96. The maximum absolute atomic E-state index is 11.0. The summed E-state index contributed by atoms with van der Waals surface area (Å²) in [4.78, 5) is 18.4. The Bertz CT molecular complexity index is 793. The second-order valence-electron chi connectivity index (χ2n) is 4.34. The Morgan fingerprint density at radius 3 is 2.90 bits per heavy atom. The Morgan fingerprint density at radius 2 is 2.15 bits per heavy atom. The van der Waals surface area contributed by atoms with Gasteiger partial charge < -0.3 is 14.8 Å². The number of nitrogens with one attached hydrogen (secondary N) is 1. The third-order valence-corrected chi connectivity index (χ3v) is 3.13. The molecule has 0 atom stereocenters. The monoisotopic (exact) mass is 268 g/mol. The molecule has 0 aliphatic carbocycles. The van der Waals surface area contributed by atoms with Crippen molar-refractivity contribution in [1.82, 2.24) is 9.97 Å². The van der Waals surface area contributed by atoms with Crippen molar-refractivity contribution in [3.63, 3.8) is 0 Å². The lowest BCUT2D eigenvalue weighted by Gasteiger charge is -1.99. The minimum Gasteiger partial charge on any atom is -0.496 e. The smallest absolute Gasteiger partial charge is 0.335 e. The molecule has 0 saturated carbocycles. The largest absolute Gasteiger partial charge is 0.496 e. The number of aromatic amines is 1. The number of nitrogens with zero attached hydrogens (tertiary/aromatic N) is 1. The maximum atomic E-state index is 11.0. The van der Waals surface area contributed by atoms with Crippen molar-refractivity contribution >= 4 is 16.9 Å². The number of benzene rings is 1. The van der Waals surface area contributed by atoms with Crippen LogP contribution in [0.25, 0.3) is 22.3 Å². The van der Waals surface area contributed by atoms with Crippen LogP contribution < -0.4 is 4.74 Å². The molecule has 20 heavy (non-hydrogen) atoms. The molecule has 0 aliphatic heterocycles. The van der Waals surface area contributed by atoms with E-state index in [9.17, 15) is 4.79 Å². The molecule has 0 saturated heterocycles. The number of H-pyrrole nitrogens is 1. The van der Waals surface area contributed by atoms with E-state index in [1.807, 2.05) is 24.3 Å². The number of aromatic carboxylic acids is 1. The van der Waals surface area contributed by atoms with Crippen LogP contribution in [0.1, 0.15) is 10.4 Å². The van der Waals surface area contributed by atoms with Crippen LogP contribution in [0.5, 0.6) is 5.75 Å².